The monoisotopic (exact) mass is 197 g/mol. The van der Waals surface area contributed by atoms with Gasteiger partial charge in [-0.15, -0.1) is 17.5 Å². The van der Waals surface area contributed by atoms with E-state index in [0.29, 0.717) is 0 Å². The highest BCUT2D eigenvalue weighted by molar-refractivity contribution is 5.87. The van der Waals surface area contributed by atoms with Crippen LogP contribution < -0.4 is 5.73 Å². The summed E-state index contributed by atoms with van der Waals surface area (Å²) in [5, 5.41) is 14.7. The summed E-state index contributed by atoms with van der Waals surface area (Å²) in [7, 11) is 0. The van der Waals surface area contributed by atoms with Gasteiger partial charge < -0.3 is 5.73 Å². The number of para-hydroxylation sites is 1. The molecule has 0 aliphatic carbocycles. The SMILES string of the molecule is Cl.N=C(N)n1nnc2ccccc21. The molecule has 0 bridgehead atoms. The van der Waals surface area contributed by atoms with Gasteiger partial charge in [0, 0.05) is 0 Å². The van der Waals surface area contributed by atoms with Crippen molar-refractivity contribution in [3.05, 3.63) is 24.3 Å². The molecule has 0 aliphatic heterocycles. The van der Waals surface area contributed by atoms with Crippen LogP contribution in [-0.2, 0) is 0 Å². The van der Waals surface area contributed by atoms with E-state index < -0.39 is 0 Å². The van der Waals surface area contributed by atoms with Crippen molar-refractivity contribution in [1.29, 1.82) is 5.41 Å². The van der Waals surface area contributed by atoms with Crippen LogP contribution in [0.4, 0.5) is 0 Å². The maximum Gasteiger partial charge on any atom is 0.215 e. The van der Waals surface area contributed by atoms with Crippen LogP contribution in [0.1, 0.15) is 0 Å². The van der Waals surface area contributed by atoms with Crippen molar-refractivity contribution in [2.75, 3.05) is 0 Å². The Morgan fingerprint density at radius 2 is 2.08 bits per heavy atom. The summed E-state index contributed by atoms with van der Waals surface area (Å²) in [6, 6.07) is 7.35. The van der Waals surface area contributed by atoms with E-state index in [2.05, 4.69) is 10.3 Å². The molecule has 0 amide bonds. The van der Waals surface area contributed by atoms with Gasteiger partial charge in [0.2, 0.25) is 5.96 Å². The molecule has 68 valence electrons. The predicted molar refractivity (Wildman–Crippen MR) is 52.1 cm³/mol. The summed E-state index contributed by atoms with van der Waals surface area (Å²) in [5.74, 6) is -0.122. The number of nitrogen functional groups attached to an aromatic ring is 1. The molecule has 2 rings (SSSR count). The lowest BCUT2D eigenvalue weighted by molar-refractivity contribution is 0.848. The minimum absolute atomic E-state index is 0. The van der Waals surface area contributed by atoms with E-state index in [0.717, 1.165) is 11.0 Å². The number of hydrogen-bond donors (Lipinski definition) is 2. The Morgan fingerprint density at radius 1 is 1.38 bits per heavy atom. The molecule has 0 spiro atoms. The van der Waals surface area contributed by atoms with Gasteiger partial charge >= 0.3 is 0 Å². The van der Waals surface area contributed by atoms with Gasteiger partial charge in [0.1, 0.15) is 5.52 Å². The molecule has 0 fully saturated rings. The standard InChI is InChI=1S/C7H7N5.ClH/c8-7(9)12-6-4-2-1-3-5(6)10-11-12;/h1-4H,(H3,8,9);1H. The van der Waals surface area contributed by atoms with Crippen LogP contribution in [0.5, 0.6) is 0 Å². The molecule has 5 nitrogen and oxygen atoms in total. The maximum absolute atomic E-state index is 7.17. The molecular formula is C7H8ClN5. The first-order valence-corrected chi connectivity index (χ1v) is 3.44. The second kappa shape index (κ2) is 3.40. The zero-order chi connectivity index (χ0) is 8.55. The topological polar surface area (TPSA) is 80.6 Å². The highest BCUT2D eigenvalue weighted by atomic mass is 35.5. The lowest BCUT2D eigenvalue weighted by Gasteiger charge is -1.95. The second-order valence-electron chi connectivity index (χ2n) is 2.38. The van der Waals surface area contributed by atoms with Gasteiger partial charge in [-0.25, -0.2) is 0 Å². The average Bonchev–Trinajstić information content (AvgIpc) is 2.47. The molecule has 0 unspecified atom stereocenters. The number of rotatable bonds is 0. The first-order chi connectivity index (χ1) is 5.79. The summed E-state index contributed by atoms with van der Waals surface area (Å²) in [6.45, 7) is 0. The van der Waals surface area contributed by atoms with Crippen LogP contribution in [0.3, 0.4) is 0 Å². The van der Waals surface area contributed by atoms with Crippen molar-refractivity contribution in [3.8, 4) is 0 Å². The molecule has 0 atom stereocenters. The van der Waals surface area contributed by atoms with Gasteiger partial charge in [0.05, 0.1) is 5.52 Å². The quantitative estimate of drug-likeness (QED) is 0.479. The Hall–Kier alpha value is -1.62. The highest BCUT2D eigenvalue weighted by Gasteiger charge is 2.03. The molecule has 3 N–H and O–H groups in total. The van der Waals surface area contributed by atoms with E-state index in [-0.39, 0.29) is 18.4 Å². The van der Waals surface area contributed by atoms with Gasteiger partial charge in [0.25, 0.3) is 0 Å². The van der Waals surface area contributed by atoms with Gasteiger partial charge in [-0.2, -0.15) is 4.68 Å². The molecule has 1 aromatic carbocycles. The first kappa shape index (κ1) is 9.47. The van der Waals surface area contributed by atoms with Crippen molar-refractivity contribution < 1.29 is 0 Å². The number of aromatic nitrogens is 3. The van der Waals surface area contributed by atoms with E-state index in [9.17, 15) is 0 Å². The summed E-state index contributed by atoms with van der Waals surface area (Å²) < 4.78 is 1.29. The fourth-order valence-corrected chi connectivity index (χ4v) is 1.05. The van der Waals surface area contributed by atoms with Crippen molar-refractivity contribution in [2.24, 2.45) is 5.73 Å². The molecule has 0 radical (unpaired) electrons. The number of halogens is 1. The molecule has 0 aliphatic rings. The van der Waals surface area contributed by atoms with E-state index in [1.54, 1.807) is 0 Å². The molecule has 0 saturated carbocycles. The molecule has 1 aromatic heterocycles. The lowest BCUT2D eigenvalue weighted by Crippen LogP contribution is -2.21. The van der Waals surface area contributed by atoms with E-state index in [1.165, 1.54) is 4.68 Å². The Bertz CT molecular complexity index is 435. The van der Waals surface area contributed by atoms with E-state index in [4.69, 9.17) is 11.1 Å². The number of benzene rings is 1. The van der Waals surface area contributed by atoms with Gasteiger partial charge in [-0.1, -0.05) is 17.3 Å². The zero-order valence-corrected chi connectivity index (χ0v) is 7.45. The largest absolute Gasteiger partial charge is 0.368 e. The van der Waals surface area contributed by atoms with Crippen LogP contribution in [0, 0.1) is 5.41 Å². The molecule has 0 saturated heterocycles. The Morgan fingerprint density at radius 3 is 2.77 bits per heavy atom. The normalized spacial score (nSPS) is 9.54. The van der Waals surface area contributed by atoms with E-state index in [1.807, 2.05) is 24.3 Å². The third-order valence-corrected chi connectivity index (χ3v) is 1.58. The zero-order valence-electron chi connectivity index (χ0n) is 6.64. The third-order valence-electron chi connectivity index (χ3n) is 1.58. The van der Waals surface area contributed by atoms with Crippen LogP contribution in [-0.4, -0.2) is 21.0 Å². The number of fused-ring (bicyclic) bond motifs is 1. The van der Waals surface area contributed by atoms with Crippen LogP contribution in [0.25, 0.3) is 11.0 Å². The molecular weight excluding hydrogens is 190 g/mol. The van der Waals surface area contributed by atoms with Crippen molar-refractivity contribution in [2.45, 2.75) is 0 Å². The third kappa shape index (κ3) is 1.46. The number of nitrogens with two attached hydrogens (primary N) is 1. The molecule has 6 heteroatoms. The lowest BCUT2D eigenvalue weighted by atomic mass is 10.3. The van der Waals surface area contributed by atoms with Crippen molar-refractivity contribution >= 4 is 29.4 Å². The van der Waals surface area contributed by atoms with Crippen molar-refractivity contribution in [3.63, 3.8) is 0 Å². The van der Waals surface area contributed by atoms with Crippen LogP contribution in [0.2, 0.25) is 0 Å². The summed E-state index contributed by atoms with van der Waals surface area (Å²) in [4.78, 5) is 0. The summed E-state index contributed by atoms with van der Waals surface area (Å²) >= 11 is 0. The minimum Gasteiger partial charge on any atom is -0.368 e. The Labute approximate surface area is 80.5 Å². The number of nitrogens with one attached hydrogen (secondary N) is 1. The van der Waals surface area contributed by atoms with Gasteiger partial charge in [-0.05, 0) is 12.1 Å². The summed E-state index contributed by atoms with van der Waals surface area (Å²) in [6.07, 6.45) is 0. The molecule has 13 heavy (non-hydrogen) atoms. The van der Waals surface area contributed by atoms with Gasteiger partial charge in [-0.3, -0.25) is 5.41 Å². The van der Waals surface area contributed by atoms with Crippen LogP contribution >= 0.6 is 12.4 Å². The molecule has 1 heterocycles. The fourth-order valence-electron chi connectivity index (χ4n) is 1.05. The highest BCUT2D eigenvalue weighted by Crippen LogP contribution is 2.07. The van der Waals surface area contributed by atoms with Crippen molar-refractivity contribution in [1.82, 2.24) is 15.0 Å². The first-order valence-electron chi connectivity index (χ1n) is 3.44. The molecule has 2 aromatic rings. The smallest absolute Gasteiger partial charge is 0.215 e. The van der Waals surface area contributed by atoms with Gasteiger partial charge in [0.15, 0.2) is 0 Å². The number of nitrogens with zero attached hydrogens (tertiary/aromatic N) is 3. The fraction of sp³-hybridized carbons (Fsp3) is 0. The van der Waals surface area contributed by atoms with E-state index >= 15 is 0 Å². The Balaban J connectivity index is 0.000000845. The number of hydrogen-bond acceptors (Lipinski definition) is 3. The summed E-state index contributed by atoms with van der Waals surface area (Å²) in [5.41, 5.74) is 6.77. The Kier molecular flexibility index (Phi) is 2.48. The predicted octanol–water partition coefficient (Wildman–Crippen LogP) is 0.595. The van der Waals surface area contributed by atoms with Crippen LogP contribution in [0.15, 0.2) is 24.3 Å². The average molecular weight is 198 g/mol. The minimum atomic E-state index is -0.122. The maximum atomic E-state index is 7.17. The second-order valence-corrected chi connectivity index (χ2v) is 2.38.